The molecular formula is C14H9N4NaO2S. The second-order valence-electron chi connectivity index (χ2n) is 4.16. The zero-order valence-electron chi connectivity index (χ0n) is 11.7. The van der Waals surface area contributed by atoms with Crippen molar-refractivity contribution in [3.63, 3.8) is 0 Å². The Morgan fingerprint density at radius 3 is 2.77 bits per heavy atom. The molecule has 0 spiro atoms. The van der Waals surface area contributed by atoms with Gasteiger partial charge in [0.05, 0.1) is 11.7 Å². The second-order valence-corrected chi connectivity index (χ2v) is 4.91. The molecule has 0 bridgehead atoms. The monoisotopic (exact) mass is 320 g/mol. The van der Waals surface area contributed by atoms with Crippen LogP contribution in [0.25, 0.3) is 11.3 Å². The van der Waals surface area contributed by atoms with E-state index in [0.717, 1.165) is 28.5 Å². The van der Waals surface area contributed by atoms with Gasteiger partial charge in [0.2, 0.25) is 0 Å². The summed E-state index contributed by atoms with van der Waals surface area (Å²) in [7, 11) is 0. The molecule has 2 heterocycles. The van der Waals surface area contributed by atoms with E-state index in [0.29, 0.717) is 5.00 Å². The van der Waals surface area contributed by atoms with Crippen molar-refractivity contribution in [1.29, 1.82) is 0 Å². The van der Waals surface area contributed by atoms with E-state index in [1.807, 2.05) is 42.5 Å². The Morgan fingerprint density at radius 2 is 2.05 bits per heavy atom. The van der Waals surface area contributed by atoms with E-state index in [-0.39, 0.29) is 35.3 Å². The van der Waals surface area contributed by atoms with Gasteiger partial charge in [-0.3, -0.25) is 4.98 Å². The number of hydrogen-bond acceptors (Lipinski definition) is 7. The molecule has 0 saturated carbocycles. The molecule has 0 fully saturated rings. The summed E-state index contributed by atoms with van der Waals surface area (Å²) in [6.07, 6.45) is 1.72. The fraction of sp³-hybridized carbons (Fsp3) is 0. The van der Waals surface area contributed by atoms with E-state index < -0.39 is 5.97 Å². The van der Waals surface area contributed by atoms with Gasteiger partial charge in [-0.25, -0.2) is 0 Å². The molecule has 0 radical (unpaired) electrons. The third-order valence-electron chi connectivity index (χ3n) is 2.76. The maximum atomic E-state index is 10.9. The average molecular weight is 320 g/mol. The van der Waals surface area contributed by atoms with Gasteiger partial charge in [-0.1, -0.05) is 22.7 Å². The molecular weight excluding hydrogens is 311 g/mol. The van der Waals surface area contributed by atoms with E-state index in [1.165, 1.54) is 0 Å². The van der Waals surface area contributed by atoms with E-state index in [4.69, 9.17) is 0 Å². The predicted octanol–water partition coefficient (Wildman–Crippen LogP) is -1.29. The number of carboxylic acids is 1. The molecule has 2 aromatic heterocycles. The molecule has 0 atom stereocenters. The fourth-order valence-electron chi connectivity index (χ4n) is 1.83. The van der Waals surface area contributed by atoms with E-state index in [9.17, 15) is 9.90 Å². The molecule has 3 aromatic rings. The topological polar surface area (TPSA) is 90.8 Å². The van der Waals surface area contributed by atoms with Crippen LogP contribution in [0, 0.1) is 0 Å². The summed E-state index contributed by atoms with van der Waals surface area (Å²) < 4.78 is 3.62. The number of benzene rings is 1. The number of aromatic nitrogens is 3. The van der Waals surface area contributed by atoms with Gasteiger partial charge >= 0.3 is 29.6 Å². The Hall–Kier alpha value is -1.80. The number of carboxylic acid groups (broad SMARTS) is 1. The van der Waals surface area contributed by atoms with Crippen molar-refractivity contribution in [2.24, 2.45) is 0 Å². The van der Waals surface area contributed by atoms with Gasteiger partial charge in [-0.2, -0.15) is 0 Å². The number of carbonyl (C=O) groups excluding carboxylic acids is 1. The van der Waals surface area contributed by atoms with Crippen LogP contribution in [0.1, 0.15) is 10.5 Å². The molecule has 3 rings (SSSR count). The van der Waals surface area contributed by atoms with Crippen molar-refractivity contribution in [2.45, 2.75) is 0 Å². The Morgan fingerprint density at radius 1 is 1.18 bits per heavy atom. The quantitative estimate of drug-likeness (QED) is 0.602. The Bertz CT molecular complexity index is 779. The van der Waals surface area contributed by atoms with Crippen molar-refractivity contribution in [2.75, 3.05) is 5.32 Å². The Balaban J connectivity index is 0.00000176. The molecule has 0 aliphatic carbocycles. The molecule has 6 nitrogen and oxygen atoms in total. The van der Waals surface area contributed by atoms with Crippen molar-refractivity contribution in [3.8, 4) is 11.3 Å². The zero-order valence-corrected chi connectivity index (χ0v) is 14.5. The minimum Gasteiger partial charge on any atom is -0.543 e. The molecule has 0 aliphatic heterocycles. The van der Waals surface area contributed by atoms with Crippen LogP contribution in [0.4, 0.5) is 10.7 Å². The van der Waals surface area contributed by atoms with Crippen LogP contribution >= 0.6 is 11.5 Å². The van der Waals surface area contributed by atoms with E-state index in [2.05, 4.69) is 19.9 Å². The molecule has 0 unspecified atom stereocenters. The first-order valence-electron chi connectivity index (χ1n) is 6.06. The fourth-order valence-corrected chi connectivity index (χ4v) is 2.41. The number of carbonyl (C=O) groups is 1. The van der Waals surface area contributed by atoms with Crippen molar-refractivity contribution < 1.29 is 39.5 Å². The van der Waals surface area contributed by atoms with E-state index in [1.54, 1.807) is 6.20 Å². The van der Waals surface area contributed by atoms with Gasteiger partial charge in [0.1, 0.15) is 10.7 Å². The summed E-state index contributed by atoms with van der Waals surface area (Å²) in [6, 6.07) is 13.1. The van der Waals surface area contributed by atoms with Crippen molar-refractivity contribution in [3.05, 3.63) is 54.4 Å². The van der Waals surface area contributed by atoms with Crippen molar-refractivity contribution in [1.82, 2.24) is 14.6 Å². The first kappa shape index (κ1) is 16.6. The molecule has 1 aromatic carbocycles. The van der Waals surface area contributed by atoms with Gasteiger partial charge in [0.15, 0.2) is 0 Å². The standard InChI is InChI=1S/C14H10N4O2S.Na/c19-14(20)12-13(21-18-17-12)16-10-5-3-4-9(8-10)11-6-1-2-7-15-11;/h1-8,16H,(H,19,20);/q;+1/p-1. The van der Waals surface area contributed by atoms with Gasteiger partial charge < -0.3 is 15.2 Å². The summed E-state index contributed by atoms with van der Waals surface area (Å²) in [5, 5.41) is 17.8. The predicted molar refractivity (Wildman–Crippen MR) is 77.2 cm³/mol. The molecule has 0 saturated heterocycles. The van der Waals surface area contributed by atoms with Crippen LogP contribution in [0.3, 0.4) is 0 Å². The molecule has 0 aliphatic rings. The number of aromatic carboxylic acids is 1. The minimum atomic E-state index is -1.35. The SMILES string of the molecule is O=C([O-])c1nnsc1Nc1cccc(-c2ccccn2)c1.[Na+]. The number of nitrogens with zero attached hydrogens (tertiary/aromatic N) is 3. The van der Waals surface area contributed by atoms with Crippen LogP contribution < -0.4 is 40.0 Å². The number of hydrogen-bond donors (Lipinski definition) is 1. The molecule has 0 amide bonds. The Kier molecular flexibility index (Phi) is 5.62. The number of pyridine rings is 1. The summed E-state index contributed by atoms with van der Waals surface area (Å²) >= 11 is 0.966. The summed E-state index contributed by atoms with van der Waals surface area (Å²) in [5.74, 6) is -1.35. The molecule has 1 N–H and O–H groups in total. The normalized spacial score (nSPS) is 9.82. The summed E-state index contributed by atoms with van der Waals surface area (Å²) in [6.45, 7) is 0. The molecule has 22 heavy (non-hydrogen) atoms. The van der Waals surface area contributed by atoms with Gasteiger partial charge in [-0.05, 0) is 24.3 Å². The zero-order chi connectivity index (χ0) is 14.7. The molecule has 8 heteroatoms. The van der Waals surface area contributed by atoms with Gasteiger partial charge in [0, 0.05) is 29.0 Å². The summed E-state index contributed by atoms with van der Waals surface area (Å²) in [4.78, 5) is 15.2. The van der Waals surface area contributed by atoms with Crippen LogP contribution in [0.15, 0.2) is 48.7 Å². The smallest absolute Gasteiger partial charge is 0.543 e. The Labute approximate surface area is 152 Å². The molecule has 104 valence electrons. The largest absolute Gasteiger partial charge is 1.00 e. The third-order valence-corrected chi connectivity index (χ3v) is 3.40. The van der Waals surface area contributed by atoms with Gasteiger partial charge in [0.25, 0.3) is 0 Å². The van der Waals surface area contributed by atoms with Gasteiger partial charge in [-0.15, -0.1) is 5.10 Å². The van der Waals surface area contributed by atoms with E-state index >= 15 is 0 Å². The number of rotatable bonds is 4. The number of anilines is 2. The van der Waals surface area contributed by atoms with Crippen LogP contribution in [-0.4, -0.2) is 20.5 Å². The second kappa shape index (κ2) is 7.46. The van der Waals surface area contributed by atoms with Crippen LogP contribution in [0.2, 0.25) is 0 Å². The first-order valence-corrected chi connectivity index (χ1v) is 6.83. The third kappa shape index (κ3) is 3.69. The first-order chi connectivity index (χ1) is 10.2. The number of nitrogens with one attached hydrogen (secondary N) is 1. The summed E-state index contributed by atoms with van der Waals surface area (Å²) in [5.41, 5.74) is 2.30. The maximum absolute atomic E-state index is 10.9. The van der Waals surface area contributed by atoms with Crippen LogP contribution in [0.5, 0.6) is 0 Å². The van der Waals surface area contributed by atoms with Crippen molar-refractivity contribution >= 4 is 28.2 Å². The minimum absolute atomic E-state index is 0. The van der Waals surface area contributed by atoms with Crippen LogP contribution in [-0.2, 0) is 0 Å². The maximum Gasteiger partial charge on any atom is 1.00 e. The average Bonchev–Trinajstić information content (AvgIpc) is 2.97.